The van der Waals surface area contributed by atoms with Gasteiger partial charge in [0.2, 0.25) is 0 Å². The summed E-state index contributed by atoms with van der Waals surface area (Å²) in [6.45, 7) is 3.57. The molecule has 1 saturated heterocycles. The van der Waals surface area contributed by atoms with Crippen LogP contribution in [0, 0.1) is 0 Å². The molecule has 2 atom stereocenters. The summed E-state index contributed by atoms with van der Waals surface area (Å²) in [6, 6.07) is 0.0474. The molecule has 1 fully saturated rings. The summed E-state index contributed by atoms with van der Waals surface area (Å²) < 4.78 is 0. The van der Waals surface area contributed by atoms with Crippen LogP contribution in [0.1, 0.15) is 45.4 Å². The Bertz CT molecular complexity index is 326. The van der Waals surface area contributed by atoms with Crippen molar-refractivity contribution in [2.24, 2.45) is 0 Å². The van der Waals surface area contributed by atoms with Gasteiger partial charge in [0.1, 0.15) is 0 Å². The fourth-order valence-electron chi connectivity index (χ4n) is 2.46. The highest BCUT2D eigenvalue weighted by molar-refractivity contribution is 7.99. The van der Waals surface area contributed by atoms with E-state index in [-0.39, 0.29) is 18.5 Å². The standard InChI is InChI=1S/C14H26N2O3S/c1-11(20-2)8-9-15-14(19)16-10-4-3-5-12(16)6-7-13(17)18/h11-12H,3-10H2,1-2H3,(H,15,19)(H,17,18). The van der Waals surface area contributed by atoms with Crippen LogP contribution in [0.5, 0.6) is 0 Å². The minimum Gasteiger partial charge on any atom is -0.481 e. The summed E-state index contributed by atoms with van der Waals surface area (Å²) >= 11 is 1.79. The molecular weight excluding hydrogens is 276 g/mol. The predicted octanol–water partition coefficient (Wildman–Crippen LogP) is 2.56. The number of carboxylic acid groups (broad SMARTS) is 1. The molecule has 1 rings (SSSR count). The second kappa shape index (κ2) is 9.10. The number of aliphatic carboxylic acids is 1. The number of nitrogens with zero attached hydrogens (tertiary/aromatic N) is 1. The molecule has 1 aliphatic heterocycles. The first-order chi connectivity index (χ1) is 9.54. The smallest absolute Gasteiger partial charge is 0.317 e. The Morgan fingerprint density at radius 1 is 1.45 bits per heavy atom. The Balaban J connectivity index is 2.39. The number of carbonyl (C=O) groups is 2. The van der Waals surface area contributed by atoms with Crippen LogP contribution in [0.25, 0.3) is 0 Å². The summed E-state index contributed by atoms with van der Waals surface area (Å²) in [4.78, 5) is 24.7. The zero-order chi connectivity index (χ0) is 15.0. The van der Waals surface area contributed by atoms with Crippen LogP contribution < -0.4 is 5.32 Å². The lowest BCUT2D eigenvalue weighted by molar-refractivity contribution is -0.137. The quantitative estimate of drug-likeness (QED) is 0.758. The maximum absolute atomic E-state index is 12.2. The van der Waals surface area contributed by atoms with Gasteiger partial charge in [-0.05, 0) is 38.4 Å². The van der Waals surface area contributed by atoms with Crippen LogP contribution in [-0.2, 0) is 4.79 Å². The van der Waals surface area contributed by atoms with Crippen LogP contribution >= 0.6 is 11.8 Å². The summed E-state index contributed by atoms with van der Waals surface area (Å²) in [5.74, 6) is -0.787. The first-order valence-corrected chi connectivity index (χ1v) is 8.62. The van der Waals surface area contributed by atoms with E-state index in [4.69, 9.17) is 5.11 Å². The molecule has 0 bridgehead atoms. The minimum absolute atomic E-state index is 0.0339. The van der Waals surface area contributed by atoms with Gasteiger partial charge in [-0.15, -0.1) is 0 Å². The Morgan fingerprint density at radius 2 is 2.20 bits per heavy atom. The summed E-state index contributed by atoms with van der Waals surface area (Å²) in [6.07, 6.45) is 6.74. The van der Waals surface area contributed by atoms with Crippen molar-refractivity contribution in [1.82, 2.24) is 10.2 Å². The number of carbonyl (C=O) groups excluding carboxylic acids is 1. The lowest BCUT2D eigenvalue weighted by Gasteiger charge is -2.35. The predicted molar refractivity (Wildman–Crippen MR) is 82.2 cm³/mol. The van der Waals surface area contributed by atoms with Crippen molar-refractivity contribution < 1.29 is 14.7 Å². The largest absolute Gasteiger partial charge is 0.481 e. The molecule has 6 heteroatoms. The van der Waals surface area contributed by atoms with Crippen molar-refractivity contribution in [2.45, 2.75) is 56.7 Å². The van der Waals surface area contributed by atoms with Gasteiger partial charge in [0, 0.05) is 30.8 Å². The Hall–Kier alpha value is -0.910. The highest BCUT2D eigenvalue weighted by Gasteiger charge is 2.26. The first kappa shape index (κ1) is 17.1. The molecular formula is C14H26N2O3S. The molecule has 0 aromatic carbocycles. The molecule has 0 saturated carbocycles. The van der Waals surface area contributed by atoms with E-state index >= 15 is 0 Å². The highest BCUT2D eigenvalue weighted by Crippen LogP contribution is 2.21. The molecule has 0 aromatic heterocycles. The third-order valence-electron chi connectivity index (χ3n) is 3.81. The summed E-state index contributed by atoms with van der Waals surface area (Å²) in [5, 5.41) is 12.3. The summed E-state index contributed by atoms with van der Waals surface area (Å²) in [5.41, 5.74) is 0. The van der Waals surface area contributed by atoms with Crippen LogP contribution in [-0.4, -0.2) is 52.6 Å². The molecule has 1 heterocycles. The van der Waals surface area contributed by atoms with E-state index < -0.39 is 5.97 Å². The fraction of sp³-hybridized carbons (Fsp3) is 0.857. The van der Waals surface area contributed by atoms with Crippen LogP contribution in [0.4, 0.5) is 4.79 Å². The highest BCUT2D eigenvalue weighted by atomic mass is 32.2. The molecule has 1 aliphatic rings. The Kier molecular flexibility index (Phi) is 7.80. The monoisotopic (exact) mass is 302 g/mol. The number of likely N-dealkylation sites (tertiary alicyclic amines) is 1. The van der Waals surface area contributed by atoms with Gasteiger partial charge in [0.15, 0.2) is 0 Å². The van der Waals surface area contributed by atoms with Crippen LogP contribution in [0.15, 0.2) is 0 Å². The minimum atomic E-state index is -0.787. The van der Waals surface area contributed by atoms with E-state index in [0.717, 1.165) is 32.2 Å². The van der Waals surface area contributed by atoms with E-state index in [1.54, 1.807) is 11.8 Å². The third kappa shape index (κ3) is 6.03. The number of urea groups is 1. The number of hydrogen-bond acceptors (Lipinski definition) is 3. The molecule has 0 aromatic rings. The first-order valence-electron chi connectivity index (χ1n) is 7.33. The molecule has 20 heavy (non-hydrogen) atoms. The van der Waals surface area contributed by atoms with Gasteiger partial charge in [0.25, 0.3) is 0 Å². The van der Waals surface area contributed by atoms with Crippen molar-refractivity contribution >= 4 is 23.8 Å². The van der Waals surface area contributed by atoms with Gasteiger partial charge in [-0.3, -0.25) is 4.79 Å². The lowest BCUT2D eigenvalue weighted by atomic mass is 9.98. The van der Waals surface area contributed by atoms with Crippen molar-refractivity contribution in [1.29, 1.82) is 0 Å². The topological polar surface area (TPSA) is 69.6 Å². The third-order valence-corrected chi connectivity index (χ3v) is 4.85. The molecule has 0 spiro atoms. The average Bonchev–Trinajstić information content (AvgIpc) is 2.45. The number of piperidine rings is 1. The Morgan fingerprint density at radius 3 is 2.85 bits per heavy atom. The van der Waals surface area contributed by atoms with Gasteiger partial charge in [0.05, 0.1) is 0 Å². The molecule has 0 aliphatic carbocycles. The van der Waals surface area contributed by atoms with E-state index in [9.17, 15) is 9.59 Å². The molecule has 116 valence electrons. The zero-order valence-corrected chi connectivity index (χ0v) is 13.2. The number of thioether (sulfide) groups is 1. The number of hydrogen-bond donors (Lipinski definition) is 2. The SMILES string of the molecule is CSC(C)CCNC(=O)N1CCCCC1CCC(=O)O. The van der Waals surface area contributed by atoms with Crippen LogP contribution in [0.3, 0.4) is 0 Å². The van der Waals surface area contributed by atoms with E-state index in [2.05, 4.69) is 18.5 Å². The normalized spacial score (nSPS) is 20.5. The van der Waals surface area contributed by atoms with E-state index in [0.29, 0.717) is 18.2 Å². The number of rotatable bonds is 7. The molecule has 0 radical (unpaired) electrons. The second-order valence-electron chi connectivity index (χ2n) is 5.34. The fourth-order valence-corrected chi connectivity index (χ4v) is 2.81. The lowest BCUT2D eigenvalue weighted by Crippen LogP contribution is -2.49. The molecule has 2 unspecified atom stereocenters. The maximum Gasteiger partial charge on any atom is 0.317 e. The van der Waals surface area contributed by atoms with Crippen molar-refractivity contribution in [3.8, 4) is 0 Å². The number of amides is 2. The van der Waals surface area contributed by atoms with Gasteiger partial charge in [-0.25, -0.2) is 4.79 Å². The zero-order valence-electron chi connectivity index (χ0n) is 12.4. The van der Waals surface area contributed by atoms with E-state index in [1.807, 2.05) is 4.90 Å². The number of carboxylic acids is 1. The summed E-state index contributed by atoms with van der Waals surface area (Å²) in [7, 11) is 0. The van der Waals surface area contributed by atoms with Crippen molar-refractivity contribution in [3.63, 3.8) is 0 Å². The van der Waals surface area contributed by atoms with E-state index in [1.165, 1.54) is 0 Å². The molecule has 2 amide bonds. The van der Waals surface area contributed by atoms with Gasteiger partial charge < -0.3 is 15.3 Å². The molecule has 2 N–H and O–H groups in total. The maximum atomic E-state index is 12.2. The van der Waals surface area contributed by atoms with Gasteiger partial charge in [-0.2, -0.15) is 11.8 Å². The van der Waals surface area contributed by atoms with Crippen molar-refractivity contribution in [3.05, 3.63) is 0 Å². The van der Waals surface area contributed by atoms with Gasteiger partial charge >= 0.3 is 12.0 Å². The average molecular weight is 302 g/mol. The molecule has 5 nitrogen and oxygen atoms in total. The number of nitrogens with one attached hydrogen (secondary N) is 1. The van der Waals surface area contributed by atoms with Crippen molar-refractivity contribution in [2.75, 3.05) is 19.3 Å². The van der Waals surface area contributed by atoms with Gasteiger partial charge in [-0.1, -0.05) is 6.92 Å². The van der Waals surface area contributed by atoms with Crippen LogP contribution in [0.2, 0.25) is 0 Å². The Labute approximate surface area is 125 Å². The second-order valence-corrected chi connectivity index (χ2v) is 6.62.